The number of hydrogen-bond acceptors (Lipinski definition) is 3. The summed E-state index contributed by atoms with van der Waals surface area (Å²) in [5.41, 5.74) is 0. The van der Waals surface area contributed by atoms with E-state index in [1.807, 2.05) is 24.1 Å². The van der Waals surface area contributed by atoms with Crippen molar-refractivity contribution < 1.29 is 9.53 Å². The molecular formula is C16H23ClN2O2. The van der Waals surface area contributed by atoms with E-state index in [1.165, 1.54) is 0 Å². The SMILES string of the molecule is CNCC1CCN(C(=O)C(C)Oc2cccc(Cl)c2)CC1. The molecule has 1 amide bonds. The van der Waals surface area contributed by atoms with Crippen LogP contribution in [-0.2, 0) is 4.79 Å². The summed E-state index contributed by atoms with van der Waals surface area (Å²) in [6.45, 7) is 4.45. The molecule has 1 heterocycles. The van der Waals surface area contributed by atoms with Crippen molar-refractivity contribution in [3.63, 3.8) is 0 Å². The highest BCUT2D eigenvalue weighted by Gasteiger charge is 2.26. The van der Waals surface area contributed by atoms with Crippen molar-refractivity contribution in [2.24, 2.45) is 5.92 Å². The number of hydrogen-bond donors (Lipinski definition) is 1. The Kier molecular flexibility index (Phi) is 5.88. The molecule has 2 rings (SSSR count). The molecule has 1 aromatic rings. The summed E-state index contributed by atoms with van der Waals surface area (Å²) >= 11 is 5.92. The Balaban J connectivity index is 1.85. The molecule has 1 N–H and O–H groups in total. The molecule has 5 heteroatoms. The third kappa shape index (κ3) is 4.61. The fourth-order valence-corrected chi connectivity index (χ4v) is 2.88. The second kappa shape index (κ2) is 7.66. The van der Waals surface area contributed by atoms with E-state index in [4.69, 9.17) is 16.3 Å². The van der Waals surface area contributed by atoms with E-state index in [9.17, 15) is 4.79 Å². The van der Waals surface area contributed by atoms with E-state index in [0.717, 1.165) is 32.5 Å². The fourth-order valence-electron chi connectivity index (χ4n) is 2.70. The number of nitrogens with one attached hydrogen (secondary N) is 1. The molecule has 0 radical (unpaired) electrons. The maximum Gasteiger partial charge on any atom is 0.263 e. The van der Waals surface area contributed by atoms with Crippen LogP contribution in [0.5, 0.6) is 5.75 Å². The first-order chi connectivity index (χ1) is 10.1. The maximum absolute atomic E-state index is 12.4. The smallest absolute Gasteiger partial charge is 0.263 e. The molecule has 0 bridgehead atoms. The first-order valence-corrected chi connectivity index (χ1v) is 7.83. The van der Waals surface area contributed by atoms with Gasteiger partial charge in [-0.05, 0) is 57.5 Å². The molecule has 1 atom stereocenters. The molecule has 1 unspecified atom stereocenters. The third-order valence-corrected chi connectivity index (χ3v) is 4.11. The lowest BCUT2D eigenvalue weighted by atomic mass is 9.96. The van der Waals surface area contributed by atoms with Gasteiger partial charge in [-0.15, -0.1) is 0 Å². The van der Waals surface area contributed by atoms with Crippen molar-refractivity contribution in [1.82, 2.24) is 10.2 Å². The van der Waals surface area contributed by atoms with Gasteiger partial charge < -0.3 is 15.0 Å². The van der Waals surface area contributed by atoms with Gasteiger partial charge in [0.15, 0.2) is 6.10 Å². The molecule has 0 spiro atoms. The lowest BCUT2D eigenvalue weighted by molar-refractivity contribution is -0.139. The Hall–Kier alpha value is -1.26. The number of carbonyl (C=O) groups excluding carboxylic acids is 1. The minimum Gasteiger partial charge on any atom is -0.481 e. The van der Waals surface area contributed by atoms with Gasteiger partial charge in [0, 0.05) is 18.1 Å². The molecule has 1 fully saturated rings. The highest BCUT2D eigenvalue weighted by atomic mass is 35.5. The van der Waals surface area contributed by atoms with Crippen LogP contribution in [-0.4, -0.2) is 43.6 Å². The van der Waals surface area contributed by atoms with Crippen LogP contribution in [0.3, 0.4) is 0 Å². The van der Waals surface area contributed by atoms with Crippen LogP contribution in [0.4, 0.5) is 0 Å². The van der Waals surface area contributed by atoms with Crippen LogP contribution in [0.25, 0.3) is 0 Å². The van der Waals surface area contributed by atoms with Gasteiger partial charge in [0.25, 0.3) is 5.91 Å². The van der Waals surface area contributed by atoms with Crippen molar-refractivity contribution in [3.05, 3.63) is 29.3 Å². The van der Waals surface area contributed by atoms with Gasteiger partial charge in [-0.1, -0.05) is 17.7 Å². The van der Waals surface area contributed by atoms with Gasteiger partial charge in [0.1, 0.15) is 5.75 Å². The van der Waals surface area contributed by atoms with E-state index in [0.29, 0.717) is 16.7 Å². The zero-order valence-electron chi connectivity index (χ0n) is 12.6. The summed E-state index contributed by atoms with van der Waals surface area (Å²) in [6.07, 6.45) is 1.62. The number of benzene rings is 1. The lowest BCUT2D eigenvalue weighted by Gasteiger charge is -2.33. The average molecular weight is 311 g/mol. The topological polar surface area (TPSA) is 41.6 Å². The predicted molar refractivity (Wildman–Crippen MR) is 84.8 cm³/mol. The van der Waals surface area contributed by atoms with Gasteiger partial charge in [0.05, 0.1) is 0 Å². The zero-order valence-corrected chi connectivity index (χ0v) is 13.4. The number of piperidine rings is 1. The molecule has 1 aliphatic rings. The molecule has 4 nitrogen and oxygen atoms in total. The van der Waals surface area contributed by atoms with Crippen molar-refractivity contribution >= 4 is 17.5 Å². The number of ether oxygens (including phenoxy) is 1. The van der Waals surface area contributed by atoms with Crippen LogP contribution in [0.2, 0.25) is 5.02 Å². The number of amides is 1. The van der Waals surface area contributed by atoms with E-state index in [1.54, 1.807) is 19.1 Å². The molecule has 0 aliphatic carbocycles. The third-order valence-electron chi connectivity index (χ3n) is 3.88. The van der Waals surface area contributed by atoms with Crippen LogP contribution in [0, 0.1) is 5.92 Å². The Labute approximate surface area is 131 Å². The van der Waals surface area contributed by atoms with Crippen molar-refractivity contribution in [2.75, 3.05) is 26.7 Å². The highest BCUT2D eigenvalue weighted by Crippen LogP contribution is 2.21. The summed E-state index contributed by atoms with van der Waals surface area (Å²) in [4.78, 5) is 14.3. The first kappa shape index (κ1) is 16.1. The van der Waals surface area contributed by atoms with Gasteiger partial charge in [-0.25, -0.2) is 0 Å². The van der Waals surface area contributed by atoms with Crippen LogP contribution in [0.15, 0.2) is 24.3 Å². The second-order valence-corrected chi connectivity index (χ2v) is 5.98. The Morgan fingerprint density at radius 2 is 2.19 bits per heavy atom. The quantitative estimate of drug-likeness (QED) is 0.909. The average Bonchev–Trinajstić information content (AvgIpc) is 2.47. The summed E-state index contributed by atoms with van der Waals surface area (Å²) in [6, 6.07) is 7.14. The molecule has 21 heavy (non-hydrogen) atoms. The predicted octanol–water partition coefficient (Wildman–Crippen LogP) is 2.57. The molecular weight excluding hydrogens is 288 g/mol. The summed E-state index contributed by atoms with van der Waals surface area (Å²) < 4.78 is 5.70. The molecule has 1 aromatic carbocycles. The molecule has 1 saturated heterocycles. The van der Waals surface area contributed by atoms with Crippen molar-refractivity contribution in [3.8, 4) is 5.75 Å². The summed E-state index contributed by atoms with van der Waals surface area (Å²) in [5, 5.41) is 3.81. The molecule has 0 aromatic heterocycles. The van der Waals surface area contributed by atoms with Gasteiger partial charge >= 0.3 is 0 Å². The minimum atomic E-state index is -0.482. The first-order valence-electron chi connectivity index (χ1n) is 7.45. The van der Waals surface area contributed by atoms with E-state index in [2.05, 4.69) is 5.32 Å². The monoisotopic (exact) mass is 310 g/mol. The summed E-state index contributed by atoms with van der Waals surface area (Å²) in [5.74, 6) is 1.36. The van der Waals surface area contributed by atoms with Crippen LogP contribution in [0.1, 0.15) is 19.8 Å². The van der Waals surface area contributed by atoms with Crippen molar-refractivity contribution in [2.45, 2.75) is 25.9 Å². The van der Waals surface area contributed by atoms with Gasteiger partial charge in [0.2, 0.25) is 0 Å². The number of likely N-dealkylation sites (tertiary alicyclic amines) is 1. The Bertz CT molecular complexity index is 473. The Morgan fingerprint density at radius 3 is 2.81 bits per heavy atom. The summed E-state index contributed by atoms with van der Waals surface area (Å²) in [7, 11) is 1.97. The minimum absolute atomic E-state index is 0.0536. The largest absolute Gasteiger partial charge is 0.481 e. The van der Waals surface area contributed by atoms with E-state index < -0.39 is 6.10 Å². The molecule has 0 saturated carbocycles. The fraction of sp³-hybridized carbons (Fsp3) is 0.562. The van der Waals surface area contributed by atoms with Crippen LogP contribution >= 0.6 is 11.6 Å². The van der Waals surface area contributed by atoms with E-state index in [-0.39, 0.29) is 5.91 Å². The highest BCUT2D eigenvalue weighted by molar-refractivity contribution is 6.30. The normalized spacial score (nSPS) is 17.6. The number of nitrogens with zero attached hydrogens (tertiary/aromatic N) is 1. The van der Waals surface area contributed by atoms with Crippen molar-refractivity contribution in [1.29, 1.82) is 0 Å². The van der Waals surface area contributed by atoms with Gasteiger partial charge in [-0.3, -0.25) is 4.79 Å². The number of carbonyl (C=O) groups is 1. The zero-order chi connectivity index (χ0) is 15.2. The number of rotatable bonds is 5. The lowest BCUT2D eigenvalue weighted by Crippen LogP contribution is -2.45. The van der Waals surface area contributed by atoms with Gasteiger partial charge in [-0.2, -0.15) is 0 Å². The molecule has 1 aliphatic heterocycles. The number of halogens is 1. The Morgan fingerprint density at radius 1 is 1.48 bits per heavy atom. The standard InChI is InChI=1S/C16H23ClN2O2/c1-12(21-15-5-3-4-14(17)10-15)16(20)19-8-6-13(7-9-19)11-18-2/h3-5,10,12-13,18H,6-9,11H2,1-2H3. The molecule has 116 valence electrons. The maximum atomic E-state index is 12.4. The van der Waals surface area contributed by atoms with E-state index >= 15 is 0 Å². The van der Waals surface area contributed by atoms with Crippen LogP contribution < -0.4 is 10.1 Å². The second-order valence-electron chi connectivity index (χ2n) is 5.54.